The third kappa shape index (κ3) is 5.72. The average Bonchev–Trinajstić information content (AvgIpc) is 2.84. The van der Waals surface area contributed by atoms with Crippen LogP contribution in [-0.4, -0.2) is 27.6 Å². The fourth-order valence-corrected chi connectivity index (χ4v) is 3.22. The maximum atomic E-state index is 11.4. The van der Waals surface area contributed by atoms with Gasteiger partial charge in [0.1, 0.15) is 0 Å². The van der Waals surface area contributed by atoms with Crippen LogP contribution in [0.1, 0.15) is 17.5 Å². The maximum absolute atomic E-state index is 11.4. The predicted octanol–water partition coefficient (Wildman–Crippen LogP) is 2.35. The Labute approximate surface area is 181 Å². The molecule has 1 aliphatic heterocycles. The Bertz CT molecular complexity index is 980. The number of anilines is 1. The third-order valence-corrected chi connectivity index (χ3v) is 4.99. The van der Waals surface area contributed by atoms with Crippen molar-refractivity contribution in [1.29, 1.82) is 0 Å². The number of sulfonamides is 1. The Hall–Kier alpha value is -2.05. The number of nitrogens with one attached hydrogen (secondary N) is 1. The van der Waals surface area contributed by atoms with Crippen LogP contribution in [-0.2, 0) is 16.6 Å². The number of aryl methyl sites for hydroxylation is 1. The highest BCUT2D eigenvalue weighted by molar-refractivity contribution is 14.0. The molecule has 2 aromatic carbocycles. The molecule has 0 atom stereocenters. The van der Waals surface area contributed by atoms with Crippen LogP contribution in [0.3, 0.4) is 0 Å². The van der Waals surface area contributed by atoms with Crippen molar-refractivity contribution in [3.8, 4) is 11.5 Å². The van der Waals surface area contributed by atoms with E-state index in [0.717, 1.165) is 23.2 Å². The van der Waals surface area contributed by atoms with Crippen LogP contribution in [0.5, 0.6) is 11.5 Å². The SMILES string of the molecule is Cc1cc(S(N)(=O)=O)ccc1CN=C(N)Nc1ccc2c(c1)OCCCO2.I. The largest absolute Gasteiger partial charge is 0.490 e. The van der Waals surface area contributed by atoms with Crippen molar-refractivity contribution in [2.24, 2.45) is 15.9 Å². The summed E-state index contributed by atoms with van der Waals surface area (Å²) in [5.41, 5.74) is 8.32. The van der Waals surface area contributed by atoms with Crippen molar-refractivity contribution in [2.75, 3.05) is 18.5 Å². The van der Waals surface area contributed by atoms with E-state index < -0.39 is 10.0 Å². The van der Waals surface area contributed by atoms with Crippen molar-refractivity contribution < 1.29 is 17.9 Å². The molecule has 2 aromatic rings. The second-order valence-electron chi connectivity index (χ2n) is 6.17. The molecule has 28 heavy (non-hydrogen) atoms. The van der Waals surface area contributed by atoms with Gasteiger partial charge in [0, 0.05) is 18.2 Å². The Morgan fingerprint density at radius 2 is 1.86 bits per heavy atom. The van der Waals surface area contributed by atoms with E-state index in [0.29, 0.717) is 31.3 Å². The Morgan fingerprint density at radius 3 is 2.54 bits per heavy atom. The van der Waals surface area contributed by atoms with Gasteiger partial charge in [-0.2, -0.15) is 0 Å². The highest BCUT2D eigenvalue weighted by atomic mass is 127. The number of benzene rings is 2. The van der Waals surface area contributed by atoms with E-state index in [9.17, 15) is 8.42 Å². The van der Waals surface area contributed by atoms with E-state index in [1.165, 1.54) is 12.1 Å². The van der Waals surface area contributed by atoms with E-state index in [4.69, 9.17) is 20.3 Å². The van der Waals surface area contributed by atoms with E-state index in [1.807, 2.05) is 18.2 Å². The molecule has 0 unspecified atom stereocenters. The highest BCUT2D eigenvalue weighted by Gasteiger charge is 2.11. The summed E-state index contributed by atoms with van der Waals surface area (Å²) >= 11 is 0. The van der Waals surface area contributed by atoms with Crippen LogP contribution >= 0.6 is 24.0 Å². The molecule has 152 valence electrons. The van der Waals surface area contributed by atoms with Crippen LogP contribution < -0.4 is 25.7 Å². The molecule has 0 fully saturated rings. The second kappa shape index (κ2) is 9.43. The van der Waals surface area contributed by atoms with Crippen LogP contribution in [0, 0.1) is 6.92 Å². The number of guanidine groups is 1. The van der Waals surface area contributed by atoms with E-state index in [-0.39, 0.29) is 34.8 Å². The smallest absolute Gasteiger partial charge is 0.238 e. The number of nitrogens with two attached hydrogens (primary N) is 2. The zero-order valence-corrected chi connectivity index (χ0v) is 18.5. The van der Waals surface area contributed by atoms with Crippen molar-refractivity contribution in [2.45, 2.75) is 24.8 Å². The number of rotatable bonds is 4. The maximum Gasteiger partial charge on any atom is 0.238 e. The summed E-state index contributed by atoms with van der Waals surface area (Å²) in [4.78, 5) is 4.38. The van der Waals surface area contributed by atoms with Crippen molar-refractivity contribution in [1.82, 2.24) is 0 Å². The molecule has 0 saturated heterocycles. The summed E-state index contributed by atoms with van der Waals surface area (Å²) in [7, 11) is -3.72. The summed E-state index contributed by atoms with van der Waals surface area (Å²) in [5.74, 6) is 1.61. The first-order valence-electron chi connectivity index (χ1n) is 8.42. The molecule has 0 aliphatic carbocycles. The molecule has 8 nitrogen and oxygen atoms in total. The van der Waals surface area contributed by atoms with Gasteiger partial charge < -0.3 is 20.5 Å². The molecule has 0 radical (unpaired) electrons. The van der Waals surface area contributed by atoms with E-state index in [1.54, 1.807) is 13.0 Å². The zero-order valence-electron chi connectivity index (χ0n) is 15.3. The number of nitrogens with zero attached hydrogens (tertiary/aromatic N) is 1. The molecule has 0 bridgehead atoms. The molecule has 0 saturated carbocycles. The highest BCUT2D eigenvalue weighted by Crippen LogP contribution is 2.32. The molecule has 0 aromatic heterocycles. The topological polar surface area (TPSA) is 129 Å². The number of hydrogen-bond donors (Lipinski definition) is 3. The zero-order chi connectivity index (χ0) is 19.4. The molecule has 3 rings (SSSR count). The van der Waals surface area contributed by atoms with Gasteiger partial charge >= 0.3 is 0 Å². The van der Waals surface area contributed by atoms with Gasteiger partial charge in [0.15, 0.2) is 17.5 Å². The monoisotopic (exact) mass is 518 g/mol. The molecule has 0 spiro atoms. The first-order valence-corrected chi connectivity index (χ1v) is 9.96. The summed E-state index contributed by atoms with van der Waals surface area (Å²) in [6.45, 7) is 3.34. The first-order chi connectivity index (χ1) is 12.8. The van der Waals surface area contributed by atoms with Crippen LogP contribution in [0.25, 0.3) is 0 Å². The van der Waals surface area contributed by atoms with Gasteiger partial charge in [0.2, 0.25) is 10.0 Å². The average molecular weight is 518 g/mol. The molecular weight excluding hydrogens is 495 g/mol. The number of primary sulfonamides is 1. The summed E-state index contributed by atoms with van der Waals surface area (Å²) in [6.07, 6.45) is 0.838. The number of fused-ring (bicyclic) bond motifs is 1. The van der Waals surface area contributed by atoms with Gasteiger partial charge in [-0.1, -0.05) is 6.07 Å². The number of halogens is 1. The molecule has 1 aliphatic rings. The Morgan fingerprint density at radius 1 is 1.14 bits per heavy atom. The summed E-state index contributed by atoms with van der Waals surface area (Å²) < 4.78 is 34.0. The van der Waals surface area contributed by atoms with Crippen molar-refractivity contribution in [3.05, 3.63) is 47.5 Å². The van der Waals surface area contributed by atoms with E-state index in [2.05, 4.69) is 10.3 Å². The Kier molecular flexibility index (Phi) is 7.49. The molecule has 5 N–H and O–H groups in total. The number of hydrogen-bond acceptors (Lipinski definition) is 5. The fraction of sp³-hybridized carbons (Fsp3) is 0.278. The fourth-order valence-electron chi connectivity index (χ4n) is 2.62. The standard InChI is InChI=1S/C18H22N4O4S.HI/c1-12-9-15(27(20,23)24)5-3-13(12)11-21-18(19)22-14-4-6-16-17(10-14)26-8-2-7-25-16;/h3-6,9-10H,2,7-8,11H2,1H3,(H3,19,21,22)(H2,20,23,24);1H. The van der Waals surface area contributed by atoms with Gasteiger partial charge in [-0.05, 0) is 42.3 Å². The van der Waals surface area contributed by atoms with Gasteiger partial charge in [0.05, 0.1) is 24.7 Å². The van der Waals surface area contributed by atoms with E-state index >= 15 is 0 Å². The predicted molar refractivity (Wildman–Crippen MR) is 119 cm³/mol. The van der Waals surface area contributed by atoms with Crippen LogP contribution in [0.4, 0.5) is 5.69 Å². The molecule has 0 amide bonds. The minimum atomic E-state index is -3.72. The quantitative estimate of drug-likeness (QED) is 0.324. The summed E-state index contributed by atoms with van der Waals surface area (Å²) in [6, 6.07) is 10.1. The number of ether oxygens (including phenoxy) is 2. The van der Waals surface area contributed by atoms with Crippen LogP contribution in [0.2, 0.25) is 0 Å². The summed E-state index contributed by atoms with van der Waals surface area (Å²) in [5, 5.41) is 8.15. The lowest BCUT2D eigenvalue weighted by Crippen LogP contribution is -2.22. The van der Waals surface area contributed by atoms with Crippen molar-refractivity contribution in [3.63, 3.8) is 0 Å². The van der Waals surface area contributed by atoms with Gasteiger partial charge in [0.25, 0.3) is 0 Å². The lowest BCUT2D eigenvalue weighted by molar-refractivity contribution is 0.297. The minimum Gasteiger partial charge on any atom is -0.490 e. The number of aliphatic imine (C=N–C) groups is 1. The lowest BCUT2D eigenvalue weighted by Gasteiger charge is -2.11. The lowest BCUT2D eigenvalue weighted by atomic mass is 10.1. The van der Waals surface area contributed by atoms with Gasteiger partial charge in [-0.25, -0.2) is 18.5 Å². The van der Waals surface area contributed by atoms with Gasteiger partial charge in [-0.15, -0.1) is 24.0 Å². The van der Waals surface area contributed by atoms with Gasteiger partial charge in [-0.3, -0.25) is 0 Å². The van der Waals surface area contributed by atoms with Crippen molar-refractivity contribution >= 4 is 45.6 Å². The van der Waals surface area contributed by atoms with Crippen LogP contribution in [0.15, 0.2) is 46.3 Å². The first kappa shape index (κ1) is 22.2. The third-order valence-electron chi connectivity index (χ3n) is 4.08. The molecule has 10 heteroatoms. The molecular formula is C18H23IN4O4S. The second-order valence-corrected chi connectivity index (χ2v) is 7.73. The normalized spacial score (nSPS) is 14.0. The Balaban J connectivity index is 0.00000280. The minimum absolute atomic E-state index is 0. The molecule has 1 heterocycles.